The van der Waals surface area contributed by atoms with Crippen LogP contribution in [0.2, 0.25) is 5.02 Å². The van der Waals surface area contributed by atoms with Crippen LogP contribution in [0.4, 0.5) is 0 Å². The van der Waals surface area contributed by atoms with Gasteiger partial charge in [0.2, 0.25) is 0 Å². The molecule has 0 amide bonds. The molecule has 1 aromatic heterocycles. The number of benzene rings is 2. The van der Waals surface area contributed by atoms with E-state index >= 15 is 0 Å². The van der Waals surface area contributed by atoms with E-state index in [0.717, 1.165) is 27.5 Å². The Morgan fingerprint density at radius 3 is 2.76 bits per heavy atom. The number of aromatic nitrogens is 1. The zero-order valence-electron chi connectivity index (χ0n) is 11.7. The molecule has 0 aliphatic heterocycles. The van der Waals surface area contributed by atoms with Crippen molar-refractivity contribution in [2.24, 2.45) is 5.84 Å². The van der Waals surface area contributed by atoms with E-state index in [9.17, 15) is 0 Å². The molecule has 1 atom stereocenters. The van der Waals surface area contributed by atoms with Gasteiger partial charge >= 0.3 is 0 Å². The smallest absolute Gasteiger partial charge is 0.0730 e. The molecule has 1 heterocycles. The molecule has 0 bridgehead atoms. The normalized spacial score (nSPS) is 12.5. The van der Waals surface area contributed by atoms with Crippen LogP contribution in [0.5, 0.6) is 0 Å². The van der Waals surface area contributed by atoms with Crippen LogP contribution in [0.1, 0.15) is 22.7 Å². The van der Waals surface area contributed by atoms with E-state index in [-0.39, 0.29) is 6.04 Å². The molecule has 3 nitrogen and oxygen atoms in total. The van der Waals surface area contributed by atoms with Gasteiger partial charge in [-0.15, -0.1) is 0 Å². The number of halogens is 1. The second kappa shape index (κ2) is 5.82. The van der Waals surface area contributed by atoms with Gasteiger partial charge < -0.3 is 0 Å². The summed E-state index contributed by atoms with van der Waals surface area (Å²) in [7, 11) is 0. The summed E-state index contributed by atoms with van der Waals surface area (Å²) in [5.41, 5.74) is 6.06. The van der Waals surface area contributed by atoms with E-state index in [4.69, 9.17) is 17.4 Å². The molecular weight excluding hydrogens is 282 g/mol. The molecule has 0 spiro atoms. The van der Waals surface area contributed by atoms with Crippen LogP contribution in [0.3, 0.4) is 0 Å². The monoisotopic (exact) mass is 297 g/mol. The summed E-state index contributed by atoms with van der Waals surface area (Å²) < 4.78 is 0. The van der Waals surface area contributed by atoms with Gasteiger partial charge in [-0.25, -0.2) is 5.43 Å². The SMILES string of the molecule is Cc1ccc(C(NN)c2cccc3cnccc23)c(Cl)c1. The van der Waals surface area contributed by atoms with Crippen molar-refractivity contribution >= 4 is 22.4 Å². The van der Waals surface area contributed by atoms with Crippen LogP contribution in [0.25, 0.3) is 10.8 Å². The maximum absolute atomic E-state index is 6.40. The summed E-state index contributed by atoms with van der Waals surface area (Å²) in [6, 6.07) is 13.9. The number of aryl methyl sites for hydroxylation is 1. The van der Waals surface area contributed by atoms with Crippen molar-refractivity contribution in [2.75, 3.05) is 0 Å². The Morgan fingerprint density at radius 1 is 1.14 bits per heavy atom. The number of hydrogen-bond donors (Lipinski definition) is 2. The van der Waals surface area contributed by atoms with Gasteiger partial charge in [0.1, 0.15) is 0 Å². The summed E-state index contributed by atoms with van der Waals surface area (Å²) in [6.45, 7) is 2.02. The molecule has 21 heavy (non-hydrogen) atoms. The van der Waals surface area contributed by atoms with Crippen molar-refractivity contribution in [3.05, 3.63) is 76.6 Å². The molecule has 1 unspecified atom stereocenters. The Kier molecular flexibility index (Phi) is 3.88. The molecule has 4 heteroatoms. The highest BCUT2D eigenvalue weighted by Crippen LogP contribution is 2.32. The van der Waals surface area contributed by atoms with Crippen molar-refractivity contribution in [2.45, 2.75) is 13.0 Å². The highest BCUT2D eigenvalue weighted by Gasteiger charge is 2.17. The van der Waals surface area contributed by atoms with Crippen molar-refractivity contribution in [1.82, 2.24) is 10.4 Å². The third-order valence-corrected chi connectivity index (χ3v) is 3.99. The van der Waals surface area contributed by atoms with Crippen molar-refractivity contribution in [3.63, 3.8) is 0 Å². The van der Waals surface area contributed by atoms with Gasteiger partial charge in [0.05, 0.1) is 6.04 Å². The summed E-state index contributed by atoms with van der Waals surface area (Å²) >= 11 is 6.40. The summed E-state index contributed by atoms with van der Waals surface area (Å²) in [6.07, 6.45) is 3.64. The number of nitrogens with two attached hydrogens (primary N) is 1. The second-order valence-corrected chi connectivity index (χ2v) is 5.48. The average Bonchev–Trinajstić information content (AvgIpc) is 2.50. The fourth-order valence-electron chi connectivity index (χ4n) is 2.61. The Hall–Kier alpha value is -1.94. The predicted octanol–water partition coefficient (Wildman–Crippen LogP) is 3.75. The fourth-order valence-corrected chi connectivity index (χ4v) is 2.96. The predicted molar refractivity (Wildman–Crippen MR) is 87.1 cm³/mol. The molecule has 0 saturated carbocycles. The van der Waals surface area contributed by atoms with Gasteiger partial charge in [-0.3, -0.25) is 10.8 Å². The lowest BCUT2D eigenvalue weighted by Crippen LogP contribution is -2.29. The van der Waals surface area contributed by atoms with Crippen LogP contribution in [0, 0.1) is 6.92 Å². The molecule has 2 aromatic carbocycles. The first-order chi connectivity index (χ1) is 10.2. The third-order valence-electron chi connectivity index (χ3n) is 3.66. The zero-order chi connectivity index (χ0) is 14.8. The van der Waals surface area contributed by atoms with Crippen molar-refractivity contribution in [1.29, 1.82) is 0 Å². The maximum atomic E-state index is 6.40. The number of fused-ring (bicyclic) bond motifs is 1. The molecule has 3 rings (SSSR count). The van der Waals surface area contributed by atoms with Crippen LogP contribution in [0.15, 0.2) is 54.9 Å². The Morgan fingerprint density at radius 2 is 2.00 bits per heavy atom. The van der Waals surface area contributed by atoms with Crippen molar-refractivity contribution in [3.8, 4) is 0 Å². The third kappa shape index (κ3) is 2.63. The Balaban J connectivity index is 2.18. The zero-order valence-corrected chi connectivity index (χ0v) is 12.4. The molecule has 0 saturated heterocycles. The highest BCUT2D eigenvalue weighted by molar-refractivity contribution is 6.31. The number of pyridine rings is 1. The number of rotatable bonds is 3. The van der Waals surface area contributed by atoms with Gasteiger partial charge in [0, 0.05) is 22.8 Å². The lowest BCUT2D eigenvalue weighted by molar-refractivity contribution is 0.641. The van der Waals surface area contributed by atoms with Gasteiger partial charge in [0.15, 0.2) is 0 Å². The quantitative estimate of drug-likeness (QED) is 0.572. The minimum atomic E-state index is -0.163. The van der Waals surface area contributed by atoms with Crippen LogP contribution in [-0.4, -0.2) is 4.98 Å². The van der Waals surface area contributed by atoms with Crippen LogP contribution in [-0.2, 0) is 0 Å². The summed E-state index contributed by atoms with van der Waals surface area (Å²) in [5, 5.41) is 2.91. The molecule has 0 radical (unpaired) electrons. The fraction of sp³-hybridized carbons (Fsp3) is 0.118. The minimum absolute atomic E-state index is 0.163. The first-order valence-electron chi connectivity index (χ1n) is 6.75. The number of hydrogen-bond acceptors (Lipinski definition) is 3. The van der Waals surface area contributed by atoms with Gasteiger partial charge in [0.25, 0.3) is 0 Å². The minimum Gasteiger partial charge on any atom is -0.271 e. The molecular formula is C17H16ClN3. The highest BCUT2D eigenvalue weighted by atomic mass is 35.5. The van der Waals surface area contributed by atoms with E-state index in [1.54, 1.807) is 6.20 Å². The lowest BCUT2D eigenvalue weighted by Gasteiger charge is -2.20. The number of hydrazine groups is 1. The van der Waals surface area contributed by atoms with Gasteiger partial charge in [-0.2, -0.15) is 0 Å². The maximum Gasteiger partial charge on any atom is 0.0730 e. The average molecular weight is 298 g/mol. The first kappa shape index (κ1) is 14.0. The standard InChI is InChI=1S/C17H16ClN3/c1-11-5-6-15(16(18)9-11)17(21-19)14-4-2-3-12-10-20-8-7-13(12)14/h2-10,17,21H,19H2,1H3. The largest absolute Gasteiger partial charge is 0.271 e. The summed E-state index contributed by atoms with van der Waals surface area (Å²) in [4.78, 5) is 4.16. The molecule has 0 fully saturated rings. The van der Waals surface area contributed by atoms with Gasteiger partial charge in [-0.1, -0.05) is 41.9 Å². The first-order valence-corrected chi connectivity index (χ1v) is 7.13. The van der Waals surface area contributed by atoms with Crippen molar-refractivity contribution < 1.29 is 0 Å². The van der Waals surface area contributed by atoms with E-state index in [1.165, 1.54) is 0 Å². The van der Waals surface area contributed by atoms with E-state index < -0.39 is 0 Å². The van der Waals surface area contributed by atoms with Crippen LogP contribution >= 0.6 is 11.6 Å². The Labute approximate surface area is 128 Å². The van der Waals surface area contributed by atoms with Gasteiger partial charge in [-0.05, 0) is 41.1 Å². The molecule has 0 aliphatic carbocycles. The summed E-state index contributed by atoms with van der Waals surface area (Å²) in [5.74, 6) is 5.81. The lowest BCUT2D eigenvalue weighted by atomic mass is 9.94. The number of nitrogens with zero attached hydrogens (tertiary/aromatic N) is 1. The van der Waals surface area contributed by atoms with E-state index in [0.29, 0.717) is 5.02 Å². The molecule has 0 aliphatic rings. The molecule has 3 aromatic rings. The van der Waals surface area contributed by atoms with E-state index in [2.05, 4.69) is 16.5 Å². The molecule has 106 valence electrons. The van der Waals surface area contributed by atoms with Crippen LogP contribution < -0.4 is 11.3 Å². The Bertz CT molecular complexity index is 781. The number of nitrogens with one attached hydrogen (secondary N) is 1. The van der Waals surface area contributed by atoms with E-state index in [1.807, 2.05) is 49.5 Å². The topological polar surface area (TPSA) is 50.9 Å². The second-order valence-electron chi connectivity index (χ2n) is 5.07. The molecule has 3 N–H and O–H groups in total.